The van der Waals surface area contributed by atoms with Gasteiger partial charge in [0, 0.05) is 19.7 Å². The van der Waals surface area contributed by atoms with Crippen molar-refractivity contribution in [2.75, 3.05) is 26.3 Å². The number of β-amino-alcohol motifs (C(OH)–C–C–N with tert-alkyl or cyclic N) is 1. The maximum Gasteiger partial charge on any atom is 0.0932 e. The van der Waals surface area contributed by atoms with Gasteiger partial charge in [-0.25, -0.2) is 0 Å². The van der Waals surface area contributed by atoms with E-state index in [4.69, 9.17) is 9.47 Å². The van der Waals surface area contributed by atoms with Crippen LogP contribution in [0.25, 0.3) is 0 Å². The second-order valence-corrected chi connectivity index (χ2v) is 4.59. The molecular weight excluding hydrogens is 230 g/mol. The van der Waals surface area contributed by atoms with Gasteiger partial charge < -0.3 is 19.9 Å². The first-order chi connectivity index (χ1) is 8.84. The fourth-order valence-corrected chi connectivity index (χ4v) is 1.93. The Balaban J connectivity index is 1.66. The van der Waals surface area contributed by atoms with Gasteiger partial charge in [0.15, 0.2) is 0 Å². The van der Waals surface area contributed by atoms with Crippen molar-refractivity contribution < 1.29 is 14.6 Å². The Hall–Kier alpha value is -0.940. The van der Waals surface area contributed by atoms with Crippen LogP contribution in [0.1, 0.15) is 12.0 Å². The molecule has 2 rings (SSSR count). The summed E-state index contributed by atoms with van der Waals surface area (Å²) in [6.07, 6.45) is 0.458. The third kappa shape index (κ3) is 4.74. The molecule has 1 unspecified atom stereocenters. The molecule has 4 nitrogen and oxygen atoms in total. The molecule has 1 heterocycles. The van der Waals surface area contributed by atoms with Crippen molar-refractivity contribution in [2.24, 2.45) is 0 Å². The summed E-state index contributed by atoms with van der Waals surface area (Å²) in [6.45, 7) is 3.16. The van der Waals surface area contributed by atoms with E-state index in [1.54, 1.807) is 0 Å². The van der Waals surface area contributed by atoms with Crippen LogP contribution in [0.5, 0.6) is 0 Å². The van der Waals surface area contributed by atoms with Crippen LogP contribution >= 0.6 is 0 Å². The molecule has 1 aliphatic rings. The van der Waals surface area contributed by atoms with Gasteiger partial charge in [0.1, 0.15) is 0 Å². The highest BCUT2D eigenvalue weighted by atomic mass is 16.5. The van der Waals surface area contributed by atoms with Crippen molar-refractivity contribution in [1.29, 1.82) is 0 Å². The average Bonchev–Trinajstić information content (AvgIpc) is 2.37. The lowest BCUT2D eigenvalue weighted by molar-refractivity contribution is -0.0390. The Labute approximate surface area is 108 Å². The molecule has 0 aliphatic carbocycles. The zero-order chi connectivity index (χ0) is 12.6. The van der Waals surface area contributed by atoms with Gasteiger partial charge in [-0.2, -0.15) is 0 Å². The van der Waals surface area contributed by atoms with E-state index in [-0.39, 0.29) is 12.2 Å². The van der Waals surface area contributed by atoms with E-state index in [2.05, 4.69) is 5.32 Å². The van der Waals surface area contributed by atoms with E-state index in [0.717, 1.165) is 6.54 Å². The van der Waals surface area contributed by atoms with Crippen LogP contribution < -0.4 is 5.32 Å². The largest absolute Gasteiger partial charge is 0.392 e. The van der Waals surface area contributed by atoms with E-state index < -0.39 is 0 Å². The summed E-state index contributed by atoms with van der Waals surface area (Å²) in [4.78, 5) is 0. The highest BCUT2D eigenvalue weighted by Crippen LogP contribution is 2.04. The zero-order valence-electron chi connectivity index (χ0n) is 10.5. The second-order valence-electron chi connectivity index (χ2n) is 4.59. The average molecular weight is 251 g/mol. The van der Waals surface area contributed by atoms with Crippen LogP contribution in [0.4, 0.5) is 0 Å². The summed E-state index contributed by atoms with van der Waals surface area (Å²) in [6, 6.07) is 10.1. The van der Waals surface area contributed by atoms with Gasteiger partial charge in [-0.3, -0.25) is 0 Å². The van der Waals surface area contributed by atoms with Gasteiger partial charge in [0.25, 0.3) is 0 Å². The van der Waals surface area contributed by atoms with Crippen molar-refractivity contribution in [3.63, 3.8) is 0 Å². The Bertz CT molecular complexity index is 321. The maximum atomic E-state index is 9.45. The van der Waals surface area contributed by atoms with E-state index in [9.17, 15) is 5.11 Å². The maximum absolute atomic E-state index is 9.45. The van der Waals surface area contributed by atoms with Crippen molar-refractivity contribution >= 4 is 0 Å². The first-order valence-electron chi connectivity index (χ1n) is 6.46. The van der Waals surface area contributed by atoms with Crippen molar-refractivity contribution in [3.05, 3.63) is 35.9 Å². The molecule has 1 aromatic carbocycles. The van der Waals surface area contributed by atoms with Crippen LogP contribution in [0.15, 0.2) is 30.3 Å². The molecule has 4 heteroatoms. The zero-order valence-corrected chi connectivity index (χ0v) is 10.5. The number of aliphatic hydroxyl groups is 1. The highest BCUT2D eigenvalue weighted by Gasteiger charge is 2.15. The molecule has 0 spiro atoms. The van der Waals surface area contributed by atoms with E-state index >= 15 is 0 Å². The van der Waals surface area contributed by atoms with Gasteiger partial charge in [0.2, 0.25) is 0 Å². The minimum atomic E-state index is -0.295. The third-order valence-electron chi connectivity index (χ3n) is 2.97. The van der Waals surface area contributed by atoms with E-state index in [1.807, 2.05) is 30.3 Å². The standard InChI is InChI=1S/C14H21NO3/c16-13-6-7-18-14(9-15-8-13)11-17-10-12-4-2-1-3-5-12/h1-5,13-16H,6-11H2/t13?,14-/m0/s1. The molecule has 1 aromatic rings. The summed E-state index contributed by atoms with van der Waals surface area (Å²) >= 11 is 0. The monoisotopic (exact) mass is 251 g/mol. The minimum Gasteiger partial charge on any atom is -0.392 e. The molecule has 0 radical (unpaired) electrons. The molecule has 0 amide bonds. The predicted molar refractivity (Wildman–Crippen MR) is 69.3 cm³/mol. The van der Waals surface area contributed by atoms with Crippen LogP contribution in [0.3, 0.4) is 0 Å². The molecule has 2 N–H and O–H groups in total. The molecule has 1 fully saturated rings. The highest BCUT2D eigenvalue weighted by molar-refractivity contribution is 5.13. The molecule has 0 saturated carbocycles. The molecule has 2 atom stereocenters. The van der Waals surface area contributed by atoms with Crippen LogP contribution in [0.2, 0.25) is 0 Å². The van der Waals surface area contributed by atoms with E-state index in [1.165, 1.54) is 5.56 Å². The van der Waals surface area contributed by atoms with Crippen molar-refractivity contribution in [3.8, 4) is 0 Å². The number of hydrogen-bond donors (Lipinski definition) is 2. The third-order valence-corrected chi connectivity index (χ3v) is 2.97. The lowest BCUT2D eigenvalue weighted by Gasteiger charge is -2.23. The Morgan fingerprint density at radius 3 is 2.94 bits per heavy atom. The molecule has 1 saturated heterocycles. The Morgan fingerprint density at radius 1 is 1.28 bits per heavy atom. The summed E-state index contributed by atoms with van der Waals surface area (Å²) in [5.74, 6) is 0. The second kappa shape index (κ2) is 7.48. The number of hydrogen-bond acceptors (Lipinski definition) is 4. The molecule has 0 bridgehead atoms. The fourth-order valence-electron chi connectivity index (χ4n) is 1.93. The lowest BCUT2D eigenvalue weighted by atomic mass is 10.2. The Kier molecular flexibility index (Phi) is 5.61. The molecule has 18 heavy (non-hydrogen) atoms. The van der Waals surface area contributed by atoms with Gasteiger partial charge in [-0.1, -0.05) is 30.3 Å². The lowest BCUT2D eigenvalue weighted by Crippen LogP contribution is -2.40. The first kappa shape index (κ1) is 13.5. The van der Waals surface area contributed by atoms with E-state index in [0.29, 0.717) is 32.8 Å². The van der Waals surface area contributed by atoms with Crippen LogP contribution in [-0.2, 0) is 16.1 Å². The van der Waals surface area contributed by atoms with Crippen LogP contribution in [-0.4, -0.2) is 43.6 Å². The topological polar surface area (TPSA) is 50.7 Å². The summed E-state index contributed by atoms with van der Waals surface area (Å²) in [7, 11) is 0. The molecule has 100 valence electrons. The summed E-state index contributed by atoms with van der Waals surface area (Å²) < 4.78 is 11.3. The van der Waals surface area contributed by atoms with Gasteiger partial charge >= 0.3 is 0 Å². The first-order valence-corrected chi connectivity index (χ1v) is 6.46. The molecule has 1 aliphatic heterocycles. The van der Waals surface area contributed by atoms with Crippen LogP contribution in [0, 0.1) is 0 Å². The van der Waals surface area contributed by atoms with Crippen molar-refractivity contribution in [1.82, 2.24) is 5.32 Å². The molecular formula is C14H21NO3. The quantitative estimate of drug-likeness (QED) is 0.836. The molecule has 0 aromatic heterocycles. The predicted octanol–water partition coefficient (Wildman–Crippen LogP) is 0.943. The Morgan fingerprint density at radius 2 is 2.11 bits per heavy atom. The van der Waals surface area contributed by atoms with Gasteiger partial charge in [-0.15, -0.1) is 0 Å². The number of ether oxygens (including phenoxy) is 2. The van der Waals surface area contributed by atoms with Gasteiger partial charge in [-0.05, 0) is 12.0 Å². The van der Waals surface area contributed by atoms with Crippen molar-refractivity contribution in [2.45, 2.75) is 25.2 Å². The SMILES string of the molecule is OC1CCO[C@H](COCc2ccccc2)CNC1. The smallest absolute Gasteiger partial charge is 0.0932 e. The summed E-state index contributed by atoms with van der Waals surface area (Å²) in [5, 5.41) is 12.6. The number of benzene rings is 1. The van der Waals surface area contributed by atoms with Gasteiger partial charge in [0.05, 0.1) is 25.4 Å². The normalized spacial score (nSPS) is 25.4. The number of nitrogens with one attached hydrogen (secondary N) is 1. The fraction of sp³-hybridized carbons (Fsp3) is 0.571. The summed E-state index contributed by atoms with van der Waals surface area (Å²) in [5.41, 5.74) is 1.17. The minimum absolute atomic E-state index is 0.0706. The number of rotatable bonds is 4. The number of aliphatic hydroxyl groups excluding tert-OH is 1.